The van der Waals surface area contributed by atoms with Gasteiger partial charge >= 0.3 is 0 Å². The Hall–Kier alpha value is -1.46. The van der Waals surface area contributed by atoms with Crippen molar-refractivity contribution in [2.75, 3.05) is 0 Å². The Labute approximate surface area is 127 Å². The summed E-state index contributed by atoms with van der Waals surface area (Å²) in [6, 6.07) is 17.5. The second-order valence-corrected chi connectivity index (χ2v) is 4.73. The highest BCUT2D eigenvalue weighted by Crippen LogP contribution is 2.23. The minimum absolute atomic E-state index is 0. The van der Waals surface area contributed by atoms with Crippen molar-refractivity contribution in [1.29, 1.82) is 5.41 Å². The predicted molar refractivity (Wildman–Crippen MR) is 86.5 cm³/mol. The minimum Gasteiger partial charge on any atom is -0.457 e. The van der Waals surface area contributed by atoms with Gasteiger partial charge in [0.15, 0.2) is 5.17 Å². The summed E-state index contributed by atoms with van der Waals surface area (Å²) in [6.45, 7) is 0. The van der Waals surface area contributed by atoms with Gasteiger partial charge in [-0.1, -0.05) is 42.1 Å². The zero-order valence-corrected chi connectivity index (χ0v) is 12.7. The van der Waals surface area contributed by atoms with Crippen molar-refractivity contribution in [3.05, 3.63) is 60.2 Å². The molecule has 0 aromatic heterocycles. The Morgan fingerprint density at radius 1 is 1.05 bits per heavy atom. The average Bonchev–Trinajstić information content (AvgIpc) is 2.38. The van der Waals surface area contributed by atoms with Crippen molar-refractivity contribution in [2.24, 2.45) is 5.73 Å². The first kappa shape index (κ1) is 15.6. The van der Waals surface area contributed by atoms with Crippen LogP contribution in [0.1, 0.15) is 5.56 Å². The molecule has 0 atom stereocenters. The second kappa shape index (κ2) is 7.86. The number of thioether (sulfide) groups is 1. The van der Waals surface area contributed by atoms with Gasteiger partial charge in [0, 0.05) is 5.75 Å². The molecule has 0 saturated heterocycles. The van der Waals surface area contributed by atoms with Crippen molar-refractivity contribution in [3.8, 4) is 11.5 Å². The maximum Gasteiger partial charge on any atom is 0.151 e. The lowest BCUT2D eigenvalue weighted by atomic mass is 10.2. The summed E-state index contributed by atoms with van der Waals surface area (Å²) in [7, 11) is 0. The van der Waals surface area contributed by atoms with Crippen LogP contribution in [0.5, 0.6) is 11.5 Å². The number of hydrogen-bond acceptors (Lipinski definition) is 3. The Bertz CT molecular complexity index is 534. The SMILES string of the molecule is Br.N=C(N)SCc1cccc(Oc2ccccc2)c1. The van der Waals surface area contributed by atoms with Gasteiger partial charge in [-0.15, -0.1) is 17.0 Å². The molecule has 3 nitrogen and oxygen atoms in total. The van der Waals surface area contributed by atoms with Gasteiger partial charge in [0.1, 0.15) is 11.5 Å². The first-order chi connectivity index (χ1) is 8.74. The van der Waals surface area contributed by atoms with Gasteiger partial charge < -0.3 is 10.5 Å². The molecule has 19 heavy (non-hydrogen) atoms. The molecular formula is C14H15BrN2OS. The fourth-order valence-electron chi connectivity index (χ4n) is 1.48. The topological polar surface area (TPSA) is 59.1 Å². The summed E-state index contributed by atoms with van der Waals surface area (Å²) in [5, 5.41) is 7.32. The van der Waals surface area contributed by atoms with Crippen molar-refractivity contribution in [3.63, 3.8) is 0 Å². The number of nitrogens with one attached hydrogen (secondary N) is 1. The third kappa shape index (κ3) is 5.36. The number of amidine groups is 1. The number of rotatable bonds is 4. The van der Waals surface area contributed by atoms with Crippen molar-refractivity contribution < 1.29 is 4.74 Å². The van der Waals surface area contributed by atoms with Crippen LogP contribution in [-0.2, 0) is 5.75 Å². The van der Waals surface area contributed by atoms with E-state index in [1.54, 1.807) is 0 Å². The zero-order chi connectivity index (χ0) is 12.8. The van der Waals surface area contributed by atoms with E-state index in [1.165, 1.54) is 11.8 Å². The van der Waals surface area contributed by atoms with E-state index in [9.17, 15) is 0 Å². The lowest BCUT2D eigenvalue weighted by Crippen LogP contribution is -2.03. The summed E-state index contributed by atoms with van der Waals surface area (Å²) in [5.74, 6) is 2.29. The molecule has 0 aliphatic rings. The molecule has 0 fully saturated rings. The summed E-state index contributed by atoms with van der Waals surface area (Å²) in [6.07, 6.45) is 0. The summed E-state index contributed by atoms with van der Waals surface area (Å²) in [4.78, 5) is 0. The van der Waals surface area contributed by atoms with E-state index in [0.29, 0.717) is 5.75 Å². The van der Waals surface area contributed by atoms with E-state index >= 15 is 0 Å². The smallest absolute Gasteiger partial charge is 0.151 e. The van der Waals surface area contributed by atoms with Crippen molar-refractivity contribution in [1.82, 2.24) is 0 Å². The van der Waals surface area contributed by atoms with E-state index < -0.39 is 0 Å². The van der Waals surface area contributed by atoms with Gasteiger partial charge in [-0.25, -0.2) is 0 Å². The highest BCUT2D eigenvalue weighted by molar-refractivity contribution is 8.93. The van der Waals surface area contributed by atoms with Crippen LogP contribution in [0.4, 0.5) is 0 Å². The Morgan fingerprint density at radius 2 is 1.74 bits per heavy atom. The number of ether oxygens (including phenoxy) is 1. The molecule has 0 heterocycles. The van der Waals surface area contributed by atoms with Gasteiger partial charge in [0.2, 0.25) is 0 Å². The molecule has 0 spiro atoms. The molecule has 5 heteroatoms. The van der Waals surface area contributed by atoms with E-state index in [2.05, 4.69) is 0 Å². The molecule has 3 N–H and O–H groups in total. The summed E-state index contributed by atoms with van der Waals surface area (Å²) < 4.78 is 5.73. The van der Waals surface area contributed by atoms with Gasteiger partial charge in [-0.05, 0) is 29.8 Å². The molecule has 100 valence electrons. The van der Waals surface area contributed by atoms with Crippen LogP contribution in [0.3, 0.4) is 0 Å². The second-order valence-electron chi connectivity index (χ2n) is 3.72. The van der Waals surface area contributed by atoms with E-state index in [1.807, 2.05) is 54.6 Å². The normalized spacial score (nSPS) is 9.47. The molecule has 0 aliphatic heterocycles. The molecule has 0 aliphatic carbocycles. The molecule has 2 rings (SSSR count). The molecule has 0 radical (unpaired) electrons. The number of benzene rings is 2. The van der Waals surface area contributed by atoms with Crippen molar-refractivity contribution >= 4 is 33.9 Å². The number of halogens is 1. The van der Waals surface area contributed by atoms with Crippen LogP contribution < -0.4 is 10.5 Å². The van der Waals surface area contributed by atoms with Gasteiger partial charge in [-0.2, -0.15) is 0 Å². The monoisotopic (exact) mass is 338 g/mol. The Kier molecular flexibility index (Phi) is 6.45. The van der Waals surface area contributed by atoms with E-state index in [4.69, 9.17) is 15.9 Å². The largest absolute Gasteiger partial charge is 0.457 e. The predicted octanol–water partition coefficient (Wildman–Crippen LogP) is 4.18. The minimum atomic E-state index is 0. The maximum absolute atomic E-state index is 7.19. The number of hydrogen-bond donors (Lipinski definition) is 2. The molecule has 2 aromatic carbocycles. The fraction of sp³-hybridized carbons (Fsp3) is 0.0714. The summed E-state index contributed by atoms with van der Waals surface area (Å²) in [5.41, 5.74) is 6.40. The van der Waals surface area contributed by atoms with Gasteiger partial charge in [0.05, 0.1) is 0 Å². The molecule has 0 amide bonds. The van der Waals surface area contributed by atoms with E-state index in [-0.39, 0.29) is 22.1 Å². The Balaban J connectivity index is 0.00000180. The third-order valence-electron chi connectivity index (χ3n) is 2.27. The van der Waals surface area contributed by atoms with E-state index in [0.717, 1.165) is 17.1 Å². The van der Waals surface area contributed by atoms with Crippen molar-refractivity contribution in [2.45, 2.75) is 5.75 Å². The molecule has 0 unspecified atom stereocenters. The molecule has 0 bridgehead atoms. The fourth-order valence-corrected chi connectivity index (χ4v) is 1.99. The quantitative estimate of drug-likeness (QED) is 0.649. The van der Waals surface area contributed by atoms with Gasteiger partial charge in [-0.3, -0.25) is 5.41 Å². The highest BCUT2D eigenvalue weighted by atomic mass is 79.9. The lowest BCUT2D eigenvalue weighted by Gasteiger charge is -2.07. The first-order valence-corrected chi connectivity index (χ1v) is 6.51. The lowest BCUT2D eigenvalue weighted by molar-refractivity contribution is 0.482. The van der Waals surface area contributed by atoms with Crippen LogP contribution >= 0.6 is 28.7 Å². The summed E-state index contributed by atoms with van der Waals surface area (Å²) >= 11 is 1.30. The van der Waals surface area contributed by atoms with Crippen LogP contribution in [0, 0.1) is 5.41 Å². The van der Waals surface area contributed by atoms with Crippen LogP contribution in [0.2, 0.25) is 0 Å². The third-order valence-corrected chi connectivity index (χ3v) is 3.06. The zero-order valence-electron chi connectivity index (χ0n) is 10.2. The first-order valence-electron chi connectivity index (χ1n) is 5.53. The molecule has 2 aromatic rings. The standard InChI is InChI=1S/C14H14N2OS.BrH/c15-14(16)18-10-11-5-4-8-13(9-11)17-12-6-2-1-3-7-12;/h1-9H,10H2,(H3,15,16);1H. The molecule has 0 saturated carbocycles. The van der Waals surface area contributed by atoms with Crippen LogP contribution in [-0.4, -0.2) is 5.17 Å². The van der Waals surface area contributed by atoms with Crippen LogP contribution in [0.25, 0.3) is 0 Å². The van der Waals surface area contributed by atoms with Gasteiger partial charge in [0.25, 0.3) is 0 Å². The number of para-hydroxylation sites is 1. The Morgan fingerprint density at radius 3 is 2.42 bits per heavy atom. The highest BCUT2D eigenvalue weighted by Gasteiger charge is 2.00. The maximum atomic E-state index is 7.19. The van der Waals surface area contributed by atoms with Crippen LogP contribution in [0.15, 0.2) is 54.6 Å². The molecular weight excluding hydrogens is 324 g/mol. The number of nitrogens with two attached hydrogens (primary N) is 1. The average molecular weight is 339 g/mol.